The van der Waals surface area contributed by atoms with Crippen molar-refractivity contribution in [2.45, 2.75) is 81.5 Å². The summed E-state index contributed by atoms with van der Waals surface area (Å²) in [4.78, 5) is 13.2. The van der Waals surface area contributed by atoms with Crippen LogP contribution in [0.2, 0.25) is 0 Å². The molecule has 0 atom stereocenters. The fraction of sp³-hybridized carbons (Fsp3) is 0.650. The molecule has 0 radical (unpaired) electrons. The molecule has 1 amide bonds. The van der Waals surface area contributed by atoms with Crippen molar-refractivity contribution in [1.82, 2.24) is 5.32 Å². The Labute approximate surface area is 164 Å². The van der Waals surface area contributed by atoms with Gasteiger partial charge in [0.25, 0.3) is 0 Å². The maximum Gasteiger partial charge on any atom is 0.416 e. The number of nitrogens with two attached hydrogens (primary N) is 1. The van der Waals surface area contributed by atoms with Crippen molar-refractivity contribution in [3.63, 3.8) is 0 Å². The van der Waals surface area contributed by atoms with Gasteiger partial charge in [-0.15, -0.1) is 12.4 Å². The summed E-state index contributed by atoms with van der Waals surface area (Å²) in [6, 6.07) is 5.60. The minimum Gasteiger partial charge on any atom is -0.353 e. The predicted molar refractivity (Wildman–Crippen MR) is 102 cm³/mol. The number of hydrogen-bond acceptors (Lipinski definition) is 2. The van der Waals surface area contributed by atoms with Crippen LogP contribution in [0.15, 0.2) is 24.3 Å². The van der Waals surface area contributed by atoms with Gasteiger partial charge in [0, 0.05) is 12.1 Å². The Bertz CT molecular complexity index is 636. The minimum absolute atomic E-state index is 0. The van der Waals surface area contributed by atoms with E-state index in [1.165, 1.54) is 12.1 Å². The molecule has 2 aliphatic carbocycles. The number of carbonyl (C=O) groups is 1. The second-order valence-corrected chi connectivity index (χ2v) is 7.81. The molecule has 3 nitrogen and oxygen atoms in total. The Morgan fingerprint density at radius 1 is 1.07 bits per heavy atom. The van der Waals surface area contributed by atoms with Crippen LogP contribution in [0.3, 0.4) is 0 Å². The number of halogens is 4. The third kappa shape index (κ3) is 4.96. The van der Waals surface area contributed by atoms with E-state index in [-0.39, 0.29) is 30.4 Å². The van der Waals surface area contributed by atoms with Crippen LogP contribution in [0, 0.1) is 0 Å². The van der Waals surface area contributed by atoms with E-state index >= 15 is 0 Å². The van der Waals surface area contributed by atoms with Gasteiger partial charge in [-0.05, 0) is 50.2 Å². The summed E-state index contributed by atoms with van der Waals surface area (Å²) in [6.07, 6.45) is 2.98. The van der Waals surface area contributed by atoms with Gasteiger partial charge in [0.2, 0.25) is 5.91 Å². The summed E-state index contributed by atoms with van der Waals surface area (Å²) >= 11 is 0. The molecule has 2 fully saturated rings. The SMILES string of the molecule is Cl.NC1CCC(NC(=O)C2(c3cccc(C(F)(F)F)c3)CCCCC2)CC1. The van der Waals surface area contributed by atoms with Gasteiger partial charge in [0.1, 0.15) is 0 Å². The van der Waals surface area contributed by atoms with Crippen LogP contribution in [-0.4, -0.2) is 18.0 Å². The van der Waals surface area contributed by atoms with Gasteiger partial charge in [-0.3, -0.25) is 4.79 Å². The summed E-state index contributed by atoms with van der Waals surface area (Å²) in [6.45, 7) is 0. The molecule has 0 saturated heterocycles. The van der Waals surface area contributed by atoms with Gasteiger partial charge in [-0.1, -0.05) is 37.5 Å². The van der Waals surface area contributed by atoms with Gasteiger partial charge >= 0.3 is 6.18 Å². The van der Waals surface area contributed by atoms with Crippen molar-refractivity contribution in [2.75, 3.05) is 0 Å². The smallest absolute Gasteiger partial charge is 0.353 e. The van der Waals surface area contributed by atoms with Crippen LogP contribution >= 0.6 is 12.4 Å². The number of alkyl halides is 3. The van der Waals surface area contributed by atoms with Crippen molar-refractivity contribution in [3.8, 4) is 0 Å². The Hall–Kier alpha value is -1.27. The second-order valence-electron chi connectivity index (χ2n) is 7.81. The Morgan fingerprint density at radius 2 is 1.70 bits per heavy atom. The molecule has 3 N–H and O–H groups in total. The van der Waals surface area contributed by atoms with Crippen molar-refractivity contribution in [1.29, 1.82) is 0 Å². The van der Waals surface area contributed by atoms with E-state index in [2.05, 4.69) is 5.32 Å². The van der Waals surface area contributed by atoms with Crippen molar-refractivity contribution in [2.24, 2.45) is 5.73 Å². The zero-order chi connectivity index (χ0) is 18.8. The van der Waals surface area contributed by atoms with Crippen LogP contribution in [0.4, 0.5) is 13.2 Å². The molecule has 0 aliphatic heterocycles. The molecule has 152 valence electrons. The quantitative estimate of drug-likeness (QED) is 0.766. The summed E-state index contributed by atoms with van der Waals surface area (Å²) in [7, 11) is 0. The Balaban J connectivity index is 0.00000261. The standard InChI is InChI=1S/C20H27F3N2O.ClH/c21-20(22,23)15-6-4-5-14(13-15)19(11-2-1-3-12-19)18(26)25-17-9-7-16(24)8-10-17;/h4-6,13,16-17H,1-3,7-12,24H2,(H,25,26);1H. The first-order valence-corrected chi connectivity index (χ1v) is 9.55. The van der Waals surface area contributed by atoms with Crippen molar-refractivity contribution >= 4 is 18.3 Å². The molecule has 27 heavy (non-hydrogen) atoms. The molecule has 0 spiro atoms. The van der Waals surface area contributed by atoms with Crippen molar-refractivity contribution < 1.29 is 18.0 Å². The van der Waals surface area contributed by atoms with Crippen LogP contribution < -0.4 is 11.1 Å². The molecular formula is C20H28ClF3N2O. The largest absolute Gasteiger partial charge is 0.416 e. The van der Waals surface area contributed by atoms with Crippen LogP contribution in [-0.2, 0) is 16.4 Å². The van der Waals surface area contributed by atoms with Gasteiger partial charge in [-0.2, -0.15) is 13.2 Å². The van der Waals surface area contributed by atoms with E-state index in [1.54, 1.807) is 6.07 Å². The van der Waals surface area contributed by atoms with E-state index in [0.29, 0.717) is 18.4 Å². The molecule has 7 heteroatoms. The average Bonchev–Trinajstić information content (AvgIpc) is 2.63. The maximum atomic E-state index is 13.2. The first kappa shape index (κ1) is 22.0. The van der Waals surface area contributed by atoms with Crippen LogP contribution in [0.1, 0.15) is 68.9 Å². The highest BCUT2D eigenvalue weighted by Crippen LogP contribution is 2.42. The zero-order valence-corrected chi connectivity index (χ0v) is 16.2. The lowest BCUT2D eigenvalue weighted by Crippen LogP contribution is -2.50. The molecule has 0 unspecified atom stereocenters. The lowest BCUT2D eigenvalue weighted by Gasteiger charge is -2.38. The summed E-state index contributed by atoms with van der Waals surface area (Å²) < 4.78 is 39.5. The molecule has 0 bridgehead atoms. The Kier molecular flexibility index (Phi) is 7.20. The highest BCUT2D eigenvalue weighted by Gasteiger charge is 2.43. The summed E-state index contributed by atoms with van der Waals surface area (Å²) in [5, 5.41) is 3.13. The number of benzene rings is 1. The van der Waals surface area contributed by atoms with E-state index in [1.807, 2.05) is 0 Å². The highest BCUT2D eigenvalue weighted by atomic mass is 35.5. The van der Waals surface area contributed by atoms with Gasteiger partial charge in [0.05, 0.1) is 11.0 Å². The minimum atomic E-state index is -4.40. The number of nitrogens with one attached hydrogen (secondary N) is 1. The van der Waals surface area contributed by atoms with E-state index in [9.17, 15) is 18.0 Å². The number of hydrogen-bond donors (Lipinski definition) is 2. The lowest BCUT2D eigenvalue weighted by molar-refractivity contribution is -0.138. The van der Waals surface area contributed by atoms with Gasteiger partial charge < -0.3 is 11.1 Å². The predicted octanol–water partition coefficient (Wildman–Crippen LogP) is 4.72. The van der Waals surface area contributed by atoms with Gasteiger partial charge in [-0.25, -0.2) is 0 Å². The normalized spacial score (nSPS) is 25.3. The molecule has 2 saturated carbocycles. The van der Waals surface area contributed by atoms with Crippen LogP contribution in [0.25, 0.3) is 0 Å². The fourth-order valence-electron chi connectivity index (χ4n) is 4.38. The summed E-state index contributed by atoms with van der Waals surface area (Å²) in [5.41, 5.74) is 4.89. The maximum absolute atomic E-state index is 13.2. The van der Waals surface area contributed by atoms with Crippen molar-refractivity contribution in [3.05, 3.63) is 35.4 Å². The molecule has 1 aromatic carbocycles. The topological polar surface area (TPSA) is 55.1 Å². The zero-order valence-electron chi connectivity index (χ0n) is 15.4. The molecule has 2 aliphatic rings. The van der Waals surface area contributed by atoms with Crippen LogP contribution in [0.5, 0.6) is 0 Å². The third-order valence-electron chi connectivity index (χ3n) is 5.99. The molecule has 0 aromatic heterocycles. The first-order valence-electron chi connectivity index (χ1n) is 9.55. The molecule has 3 rings (SSSR count). The first-order chi connectivity index (χ1) is 12.3. The second kappa shape index (κ2) is 8.82. The van der Waals surface area contributed by atoms with E-state index in [0.717, 1.165) is 51.0 Å². The molecule has 1 aromatic rings. The lowest BCUT2D eigenvalue weighted by atomic mass is 9.68. The fourth-order valence-corrected chi connectivity index (χ4v) is 4.38. The highest BCUT2D eigenvalue weighted by molar-refractivity contribution is 5.88. The monoisotopic (exact) mass is 404 g/mol. The number of amides is 1. The molecular weight excluding hydrogens is 377 g/mol. The third-order valence-corrected chi connectivity index (χ3v) is 5.99. The molecule has 0 heterocycles. The van der Waals surface area contributed by atoms with E-state index in [4.69, 9.17) is 5.73 Å². The van der Waals surface area contributed by atoms with Gasteiger partial charge in [0.15, 0.2) is 0 Å². The number of rotatable bonds is 3. The Morgan fingerprint density at radius 3 is 2.30 bits per heavy atom. The van der Waals surface area contributed by atoms with E-state index < -0.39 is 17.2 Å². The average molecular weight is 405 g/mol. The number of carbonyl (C=O) groups excluding carboxylic acids is 1. The summed E-state index contributed by atoms with van der Waals surface area (Å²) in [5.74, 6) is -0.114.